The Morgan fingerprint density at radius 1 is 0.283 bits per heavy atom. The van der Waals surface area contributed by atoms with Crippen LogP contribution in [0.2, 0.25) is 0 Å². The van der Waals surface area contributed by atoms with Gasteiger partial charge in [-0.2, -0.15) is 0 Å². The van der Waals surface area contributed by atoms with Gasteiger partial charge in [0.05, 0.1) is 5.69 Å². The van der Waals surface area contributed by atoms with Gasteiger partial charge in [-0.25, -0.2) is 29.9 Å². The Morgan fingerprint density at radius 3 is 1.00 bits per heavy atom. The van der Waals surface area contributed by atoms with Crippen molar-refractivity contribution in [3.8, 4) is 90.7 Å². The van der Waals surface area contributed by atoms with Crippen LogP contribution in [-0.2, 0) is 0 Å². The lowest BCUT2D eigenvalue weighted by molar-refractivity contribution is 1.07. The fourth-order valence-corrected chi connectivity index (χ4v) is 7.63. The zero-order valence-electron chi connectivity index (χ0n) is 34.6. The maximum Gasteiger partial charge on any atom is 0.164 e. The number of hydrogen-bond acceptors (Lipinski definition) is 7. The second kappa shape index (κ2) is 16.0. The minimum Gasteiger partial charge on any atom is -0.256 e. The molecule has 0 fully saturated rings. The average Bonchev–Trinajstić information content (AvgIpc) is 3.27. The van der Waals surface area contributed by atoms with Crippen molar-refractivity contribution in [3.05, 3.63) is 185 Å². The molecule has 0 spiro atoms. The molecule has 3 heterocycles. The van der Waals surface area contributed by atoms with E-state index < -0.39 is 0 Å². The summed E-state index contributed by atoms with van der Waals surface area (Å²) in [6, 6.07) is 50.1. The van der Waals surface area contributed by atoms with Crippen LogP contribution in [0, 0.1) is 41.5 Å². The summed E-state index contributed by atoms with van der Waals surface area (Å²) in [5.41, 5.74) is 16.1. The van der Waals surface area contributed by atoms with E-state index in [0.29, 0.717) is 34.9 Å². The third-order valence-corrected chi connectivity index (χ3v) is 10.6. The Hall–Kier alpha value is -7.51. The van der Waals surface area contributed by atoms with Crippen molar-refractivity contribution in [1.29, 1.82) is 0 Å². The Labute approximate surface area is 351 Å². The van der Waals surface area contributed by atoms with E-state index in [4.69, 9.17) is 29.9 Å². The third kappa shape index (κ3) is 7.98. The molecular formula is C53H43N7. The standard InChI is InChI=1S/C53H43N7/c1-32-13-9-17-38(23-32)48-55-49(39-18-10-14-33(2)24-39)58-52(57-48)43-29-42(45-27-37(6)46(28-36(45)5)47-21-7-8-22-54-47)30-44(31-43)53-59-50(40-19-11-15-34(3)25-40)56-51(60-53)41-20-12-16-35(4)26-41/h7-31H,1-6H3. The maximum absolute atomic E-state index is 5.19. The highest BCUT2D eigenvalue weighted by atomic mass is 15.0. The molecule has 0 N–H and O–H groups in total. The summed E-state index contributed by atoms with van der Waals surface area (Å²) < 4.78 is 0. The molecule has 0 amide bonds. The zero-order valence-corrected chi connectivity index (χ0v) is 34.6. The third-order valence-electron chi connectivity index (χ3n) is 10.6. The molecule has 9 aromatic rings. The molecule has 0 unspecified atom stereocenters. The summed E-state index contributed by atoms with van der Waals surface area (Å²) in [6.45, 7) is 12.6. The molecule has 3 aromatic heterocycles. The Morgan fingerprint density at radius 2 is 0.633 bits per heavy atom. The van der Waals surface area contributed by atoms with Crippen molar-refractivity contribution in [2.24, 2.45) is 0 Å². The first-order valence-corrected chi connectivity index (χ1v) is 20.1. The monoisotopic (exact) mass is 777 g/mol. The molecule has 0 aliphatic heterocycles. The molecule has 6 aromatic carbocycles. The smallest absolute Gasteiger partial charge is 0.164 e. The van der Waals surface area contributed by atoms with Gasteiger partial charge in [-0.3, -0.25) is 4.98 Å². The van der Waals surface area contributed by atoms with Crippen LogP contribution in [0.15, 0.2) is 152 Å². The van der Waals surface area contributed by atoms with Crippen LogP contribution in [-0.4, -0.2) is 34.9 Å². The summed E-state index contributed by atoms with van der Waals surface area (Å²) in [6.07, 6.45) is 1.84. The SMILES string of the molecule is Cc1cccc(-c2nc(-c3cccc(C)c3)nc(-c3cc(-c4nc(-c5cccc(C)c5)nc(-c5cccc(C)c5)n4)cc(-c4cc(C)c(-c5ccccn5)cc4C)c3)n2)c1. The van der Waals surface area contributed by atoms with E-state index in [9.17, 15) is 0 Å². The molecule has 9 rings (SSSR count). The van der Waals surface area contributed by atoms with Crippen LogP contribution in [0.4, 0.5) is 0 Å². The van der Waals surface area contributed by atoms with Crippen LogP contribution < -0.4 is 0 Å². The Balaban J connectivity index is 1.31. The molecule has 0 aliphatic carbocycles. The van der Waals surface area contributed by atoms with E-state index in [2.05, 4.69) is 131 Å². The fraction of sp³-hybridized carbons (Fsp3) is 0.113. The molecule has 7 nitrogen and oxygen atoms in total. The van der Waals surface area contributed by atoms with Crippen molar-refractivity contribution < 1.29 is 0 Å². The van der Waals surface area contributed by atoms with Crippen molar-refractivity contribution in [2.45, 2.75) is 41.5 Å². The molecular weight excluding hydrogens is 735 g/mol. The predicted octanol–water partition coefficient (Wildman–Crippen LogP) is 12.6. The summed E-state index contributed by atoms with van der Waals surface area (Å²) in [5.74, 6) is 3.50. The highest BCUT2D eigenvalue weighted by Crippen LogP contribution is 2.37. The zero-order chi connectivity index (χ0) is 41.3. The highest BCUT2D eigenvalue weighted by Gasteiger charge is 2.19. The lowest BCUT2D eigenvalue weighted by atomic mass is 9.91. The van der Waals surface area contributed by atoms with Gasteiger partial charge in [-0.05, 0) is 124 Å². The molecule has 60 heavy (non-hydrogen) atoms. The topological polar surface area (TPSA) is 90.2 Å². The van der Waals surface area contributed by atoms with Crippen molar-refractivity contribution in [1.82, 2.24) is 34.9 Å². The minimum atomic E-state index is 0.549. The van der Waals surface area contributed by atoms with Crippen molar-refractivity contribution >= 4 is 0 Å². The van der Waals surface area contributed by atoms with Crippen LogP contribution in [0.25, 0.3) is 90.7 Å². The second-order valence-electron chi connectivity index (χ2n) is 15.6. The van der Waals surface area contributed by atoms with Gasteiger partial charge in [0.15, 0.2) is 34.9 Å². The summed E-state index contributed by atoms with van der Waals surface area (Å²) >= 11 is 0. The number of aryl methyl sites for hydroxylation is 6. The van der Waals surface area contributed by atoms with Gasteiger partial charge in [0.25, 0.3) is 0 Å². The first-order chi connectivity index (χ1) is 29.1. The number of benzene rings is 6. The van der Waals surface area contributed by atoms with Crippen molar-refractivity contribution in [2.75, 3.05) is 0 Å². The molecule has 0 bridgehead atoms. The van der Waals surface area contributed by atoms with Crippen molar-refractivity contribution in [3.63, 3.8) is 0 Å². The number of pyridine rings is 1. The molecule has 0 saturated heterocycles. The van der Waals surface area contributed by atoms with Crippen LogP contribution in [0.5, 0.6) is 0 Å². The van der Waals surface area contributed by atoms with Gasteiger partial charge in [0, 0.05) is 45.1 Å². The van der Waals surface area contributed by atoms with Gasteiger partial charge >= 0.3 is 0 Å². The van der Waals surface area contributed by atoms with E-state index in [1.54, 1.807) is 0 Å². The van der Waals surface area contributed by atoms with Crippen LogP contribution >= 0.6 is 0 Å². The minimum absolute atomic E-state index is 0.549. The van der Waals surface area contributed by atoms with E-state index in [1.165, 1.54) is 0 Å². The predicted molar refractivity (Wildman–Crippen MR) is 243 cm³/mol. The van der Waals surface area contributed by atoms with Crippen LogP contribution in [0.1, 0.15) is 33.4 Å². The Kier molecular flexibility index (Phi) is 10.2. The van der Waals surface area contributed by atoms with Gasteiger partial charge in [0.2, 0.25) is 0 Å². The number of nitrogens with zero attached hydrogens (tertiary/aromatic N) is 7. The van der Waals surface area contributed by atoms with Gasteiger partial charge in [-0.1, -0.05) is 107 Å². The van der Waals surface area contributed by atoms with E-state index in [-0.39, 0.29) is 0 Å². The normalized spacial score (nSPS) is 11.2. The molecule has 0 atom stereocenters. The number of hydrogen-bond donors (Lipinski definition) is 0. The fourth-order valence-electron chi connectivity index (χ4n) is 7.63. The molecule has 0 aliphatic rings. The summed E-state index contributed by atoms with van der Waals surface area (Å²) in [5, 5.41) is 0. The quantitative estimate of drug-likeness (QED) is 0.152. The maximum atomic E-state index is 5.19. The lowest BCUT2D eigenvalue weighted by Crippen LogP contribution is -2.03. The summed E-state index contributed by atoms with van der Waals surface area (Å²) in [7, 11) is 0. The number of rotatable bonds is 8. The van der Waals surface area contributed by atoms with E-state index in [1.807, 2.05) is 66.9 Å². The van der Waals surface area contributed by atoms with Crippen LogP contribution in [0.3, 0.4) is 0 Å². The lowest BCUT2D eigenvalue weighted by Gasteiger charge is -2.16. The largest absolute Gasteiger partial charge is 0.256 e. The molecule has 7 heteroatoms. The first kappa shape index (κ1) is 38.0. The average molecular weight is 778 g/mol. The van der Waals surface area contributed by atoms with E-state index >= 15 is 0 Å². The molecule has 0 saturated carbocycles. The molecule has 0 radical (unpaired) electrons. The van der Waals surface area contributed by atoms with E-state index in [0.717, 1.165) is 89.1 Å². The first-order valence-electron chi connectivity index (χ1n) is 20.1. The van der Waals surface area contributed by atoms with Gasteiger partial charge in [-0.15, -0.1) is 0 Å². The van der Waals surface area contributed by atoms with Gasteiger partial charge in [0.1, 0.15) is 0 Å². The Bertz CT molecular complexity index is 2780. The summed E-state index contributed by atoms with van der Waals surface area (Å²) in [4.78, 5) is 35.5. The number of aromatic nitrogens is 7. The highest BCUT2D eigenvalue weighted by molar-refractivity contribution is 5.83. The second-order valence-corrected chi connectivity index (χ2v) is 15.6. The molecule has 290 valence electrons. The van der Waals surface area contributed by atoms with Gasteiger partial charge < -0.3 is 0 Å².